The van der Waals surface area contributed by atoms with Gasteiger partial charge in [0, 0.05) is 11.7 Å². The molecule has 2 aromatic carbocycles. The fourth-order valence-corrected chi connectivity index (χ4v) is 3.63. The van der Waals surface area contributed by atoms with Gasteiger partial charge in [-0.25, -0.2) is 4.79 Å². The Hall–Kier alpha value is -3.83. The van der Waals surface area contributed by atoms with Crippen LogP contribution in [0.4, 0.5) is 10.5 Å². The first-order valence-corrected chi connectivity index (χ1v) is 11.8. The van der Waals surface area contributed by atoms with Crippen molar-refractivity contribution < 1.29 is 24.2 Å². The Bertz CT molecular complexity index is 1110. The summed E-state index contributed by atoms with van der Waals surface area (Å²) in [4.78, 5) is 40.2. The number of hydrogen-bond donors (Lipinski definition) is 3. The first kappa shape index (κ1) is 28.4. The molecule has 0 aliphatic carbocycles. The molecule has 8 heteroatoms. The topological polar surface area (TPSA) is 108 Å². The lowest BCUT2D eigenvalue weighted by Crippen LogP contribution is -2.52. The highest BCUT2D eigenvalue weighted by Gasteiger charge is 2.36. The fourth-order valence-electron chi connectivity index (χ4n) is 3.63. The number of hydrogen-bond acceptors (Lipinski definition) is 5. The second-order valence-electron chi connectivity index (χ2n) is 9.47. The van der Waals surface area contributed by atoms with Crippen LogP contribution in [-0.2, 0) is 20.7 Å². The average molecular weight is 494 g/mol. The van der Waals surface area contributed by atoms with Crippen molar-refractivity contribution in [3.63, 3.8) is 0 Å². The summed E-state index contributed by atoms with van der Waals surface area (Å²) in [7, 11) is 0. The molecule has 0 fully saturated rings. The quantitative estimate of drug-likeness (QED) is 0.382. The molecule has 0 aliphatic heterocycles. The van der Waals surface area contributed by atoms with Gasteiger partial charge in [0.2, 0.25) is 0 Å². The predicted octanol–water partition coefficient (Wildman–Crippen LogP) is 3.85. The van der Waals surface area contributed by atoms with E-state index in [9.17, 15) is 19.5 Å². The Morgan fingerprint density at radius 1 is 1.08 bits per heavy atom. The van der Waals surface area contributed by atoms with Crippen LogP contribution in [0, 0.1) is 26.3 Å². The van der Waals surface area contributed by atoms with Gasteiger partial charge in [0.25, 0.3) is 11.8 Å². The second-order valence-corrected chi connectivity index (χ2v) is 9.47. The van der Waals surface area contributed by atoms with Crippen LogP contribution in [0.25, 0.3) is 0 Å². The first-order chi connectivity index (χ1) is 16.9. The molecule has 0 aliphatic rings. The molecule has 0 aromatic heterocycles. The van der Waals surface area contributed by atoms with Gasteiger partial charge in [0.15, 0.2) is 0 Å². The van der Waals surface area contributed by atoms with Crippen molar-refractivity contribution in [1.29, 1.82) is 0 Å². The van der Waals surface area contributed by atoms with Gasteiger partial charge in [-0.3, -0.25) is 14.5 Å². The zero-order chi connectivity index (χ0) is 27.0. The van der Waals surface area contributed by atoms with E-state index in [0.717, 1.165) is 28.0 Å². The highest BCUT2D eigenvalue weighted by atomic mass is 16.6. The number of ether oxygens (including phenoxy) is 1. The number of rotatable bonds is 8. The summed E-state index contributed by atoms with van der Waals surface area (Å²) in [5.74, 6) is -1.36. The van der Waals surface area contributed by atoms with Crippen LogP contribution in [0.15, 0.2) is 42.5 Å². The van der Waals surface area contributed by atoms with Gasteiger partial charge in [-0.2, -0.15) is 0 Å². The molecule has 192 valence electrons. The largest absolute Gasteiger partial charge is 0.444 e. The van der Waals surface area contributed by atoms with Crippen LogP contribution in [0.1, 0.15) is 56.0 Å². The van der Waals surface area contributed by atoms with Gasteiger partial charge in [-0.15, -0.1) is 0 Å². The first-order valence-electron chi connectivity index (χ1n) is 11.8. The maximum atomic E-state index is 13.6. The summed E-state index contributed by atoms with van der Waals surface area (Å²) in [5, 5.41) is 15.1. The summed E-state index contributed by atoms with van der Waals surface area (Å²) < 4.78 is 5.19. The monoisotopic (exact) mass is 493 g/mol. The summed E-state index contributed by atoms with van der Waals surface area (Å²) in [6, 6.07) is 12.4. The summed E-state index contributed by atoms with van der Waals surface area (Å²) >= 11 is 0. The summed E-state index contributed by atoms with van der Waals surface area (Å²) in [5.41, 5.74) is 3.03. The third-order valence-corrected chi connectivity index (χ3v) is 5.49. The van der Waals surface area contributed by atoms with Crippen LogP contribution in [-0.4, -0.2) is 46.2 Å². The lowest BCUT2D eigenvalue weighted by molar-refractivity contribution is -0.137. The number of carbonyl (C=O) groups is 3. The number of carbonyl (C=O) groups excluding carboxylic acids is 3. The molecule has 2 unspecified atom stereocenters. The lowest BCUT2D eigenvalue weighted by atomic mass is 10.0. The van der Waals surface area contributed by atoms with Gasteiger partial charge in [0.1, 0.15) is 17.7 Å². The molecular formula is C28H35N3O5. The third kappa shape index (κ3) is 7.33. The number of nitrogens with one attached hydrogen (secondary N) is 2. The maximum Gasteiger partial charge on any atom is 0.408 e. The molecule has 2 atom stereocenters. The average Bonchev–Trinajstić information content (AvgIpc) is 2.81. The Labute approximate surface area is 213 Å². The normalized spacial score (nSPS) is 12.6. The maximum absolute atomic E-state index is 13.6. The second kappa shape index (κ2) is 12.2. The van der Waals surface area contributed by atoms with E-state index in [1.165, 1.54) is 0 Å². The molecule has 0 saturated carbocycles. The van der Waals surface area contributed by atoms with Crippen molar-refractivity contribution in [2.24, 2.45) is 0 Å². The number of anilines is 1. The third-order valence-electron chi connectivity index (χ3n) is 5.49. The number of aliphatic hydroxyl groups is 1. The Morgan fingerprint density at radius 2 is 1.67 bits per heavy atom. The molecule has 8 nitrogen and oxygen atoms in total. The van der Waals surface area contributed by atoms with Crippen LogP contribution in [0.2, 0.25) is 0 Å². The molecule has 0 heterocycles. The van der Waals surface area contributed by atoms with Crippen molar-refractivity contribution >= 4 is 23.6 Å². The zero-order valence-corrected chi connectivity index (χ0v) is 21.7. The molecule has 2 rings (SSSR count). The highest BCUT2D eigenvalue weighted by Crippen LogP contribution is 2.27. The molecule has 0 bridgehead atoms. The SMILES string of the molecule is C#CN(C(=O)C(CO)NC(=O)OC(C)(C)C)C(C(=O)Nc1c(C)cccc1C)c1ccc(CC)cc1. The molecular weight excluding hydrogens is 458 g/mol. The molecule has 0 saturated heterocycles. The number of amides is 3. The highest BCUT2D eigenvalue weighted by molar-refractivity contribution is 6.00. The van der Waals surface area contributed by atoms with E-state index in [4.69, 9.17) is 11.2 Å². The number of benzene rings is 2. The van der Waals surface area contributed by atoms with E-state index in [1.54, 1.807) is 32.9 Å². The minimum absolute atomic E-state index is 0.483. The van der Waals surface area contributed by atoms with E-state index in [-0.39, 0.29) is 0 Å². The summed E-state index contributed by atoms with van der Waals surface area (Å²) in [6.07, 6.45) is 5.64. The van der Waals surface area contributed by atoms with Crippen LogP contribution in [0.3, 0.4) is 0 Å². The van der Waals surface area contributed by atoms with Gasteiger partial charge < -0.3 is 20.5 Å². The van der Waals surface area contributed by atoms with Gasteiger partial charge in [-0.05, 0) is 63.3 Å². The van der Waals surface area contributed by atoms with E-state index in [2.05, 4.69) is 16.7 Å². The van der Waals surface area contributed by atoms with Crippen molar-refractivity contribution in [2.45, 2.75) is 65.6 Å². The number of nitrogens with zero attached hydrogens (tertiary/aromatic N) is 1. The minimum Gasteiger partial charge on any atom is -0.444 e. The van der Waals surface area contributed by atoms with Crippen LogP contribution < -0.4 is 10.6 Å². The van der Waals surface area contributed by atoms with Crippen molar-refractivity contribution in [1.82, 2.24) is 10.2 Å². The summed E-state index contributed by atoms with van der Waals surface area (Å²) in [6.45, 7) is 10.0. The standard InChI is InChI=1S/C28H35N3O5/c1-8-20-13-15-21(16-14-20)24(25(33)30-23-18(3)11-10-12-19(23)4)31(9-2)26(34)22(17-32)29-27(35)36-28(5,6)7/h2,10-16,22,24,32H,8,17H2,1,3-7H3,(H,29,35)(H,30,33). The van der Waals surface area contributed by atoms with E-state index in [1.807, 2.05) is 51.1 Å². The zero-order valence-electron chi connectivity index (χ0n) is 21.7. The number of terminal acetylenes is 1. The number of alkyl carbamates (subject to hydrolysis) is 1. The molecule has 3 N–H and O–H groups in total. The predicted molar refractivity (Wildman–Crippen MR) is 139 cm³/mol. The fraction of sp³-hybridized carbons (Fsp3) is 0.393. The van der Waals surface area contributed by atoms with Gasteiger partial charge >= 0.3 is 6.09 Å². The number of para-hydroxylation sites is 1. The van der Waals surface area contributed by atoms with Gasteiger partial charge in [0.05, 0.1) is 6.61 Å². The van der Waals surface area contributed by atoms with Crippen molar-refractivity contribution in [3.05, 3.63) is 64.7 Å². The lowest BCUT2D eigenvalue weighted by Gasteiger charge is -2.30. The minimum atomic E-state index is -1.42. The van der Waals surface area contributed by atoms with E-state index in [0.29, 0.717) is 11.3 Å². The number of aliphatic hydroxyl groups excluding tert-OH is 1. The van der Waals surface area contributed by atoms with Crippen LogP contribution >= 0.6 is 0 Å². The number of aryl methyl sites for hydroxylation is 3. The smallest absolute Gasteiger partial charge is 0.408 e. The van der Waals surface area contributed by atoms with Crippen molar-refractivity contribution in [2.75, 3.05) is 11.9 Å². The van der Waals surface area contributed by atoms with Crippen molar-refractivity contribution in [3.8, 4) is 12.5 Å². The molecule has 2 aromatic rings. The van der Waals surface area contributed by atoms with Crippen LogP contribution in [0.5, 0.6) is 0 Å². The molecule has 0 radical (unpaired) electrons. The Morgan fingerprint density at radius 3 is 2.14 bits per heavy atom. The van der Waals surface area contributed by atoms with Gasteiger partial charge in [-0.1, -0.05) is 55.8 Å². The molecule has 0 spiro atoms. The Kier molecular flexibility index (Phi) is 9.65. The molecule has 36 heavy (non-hydrogen) atoms. The Balaban J connectivity index is 2.45. The van der Waals surface area contributed by atoms with E-state index >= 15 is 0 Å². The van der Waals surface area contributed by atoms with E-state index < -0.39 is 42.2 Å². The molecule has 3 amide bonds.